The number of thioether (sulfide) groups is 1. The van der Waals surface area contributed by atoms with Crippen LogP contribution in [0.3, 0.4) is 0 Å². The molecular weight excluding hydrogens is 370 g/mol. The Bertz CT molecular complexity index is 756. The highest BCUT2D eigenvalue weighted by Crippen LogP contribution is 2.26. The maximum atomic E-state index is 11.8. The average molecular weight is 392 g/mol. The minimum atomic E-state index is -0.145. The van der Waals surface area contributed by atoms with Crippen molar-refractivity contribution in [2.45, 2.75) is 37.5 Å². The summed E-state index contributed by atoms with van der Waals surface area (Å²) in [5, 5.41) is 3.34. The molecule has 0 spiro atoms. The van der Waals surface area contributed by atoms with Crippen molar-refractivity contribution in [2.24, 2.45) is 5.92 Å². The second-order valence-electron chi connectivity index (χ2n) is 6.17. The monoisotopic (exact) mass is 391 g/mol. The van der Waals surface area contributed by atoms with E-state index in [2.05, 4.69) is 22.2 Å². The van der Waals surface area contributed by atoms with Gasteiger partial charge in [0.15, 0.2) is 5.82 Å². The van der Waals surface area contributed by atoms with Gasteiger partial charge >= 0.3 is 0 Å². The molecule has 1 aliphatic rings. The molecule has 1 fully saturated rings. The molecule has 1 saturated carbocycles. The SMILES string of the molecule is CC1CCC(=O)C1.CSc1ccc(CC(=O)Nc2cnccn2)cc1Cl. The minimum absolute atomic E-state index is 0.145. The van der Waals surface area contributed by atoms with Crippen molar-refractivity contribution in [2.75, 3.05) is 11.6 Å². The van der Waals surface area contributed by atoms with Crippen molar-refractivity contribution in [3.05, 3.63) is 47.4 Å². The largest absolute Gasteiger partial charge is 0.309 e. The Balaban J connectivity index is 0.000000290. The van der Waals surface area contributed by atoms with Crippen molar-refractivity contribution in [3.8, 4) is 0 Å². The first-order valence-corrected chi connectivity index (χ1v) is 9.98. The van der Waals surface area contributed by atoms with Crippen LogP contribution < -0.4 is 5.32 Å². The number of ketones is 1. The van der Waals surface area contributed by atoms with Gasteiger partial charge in [-0.3, -0.25) is 14.6 Å². The highest BCUT2D eigenvalue weighted by Gasteiger charge is 2.16. The summed E-state index contributed by atoms with van der Waals surface area (Å²) in [5.74, 6) is 1.42. The first-order valence-electron chi connectivity index (χ1n) is 8.38. The number of nitrogens with one attached hydrogen (secondary N) is 1. The molecule has 0 saturated heterocycles. The number of Topliss-reactive ketones (excluding diaryl/α,β-unsaturated/α-hetero) is 1. The molecule has 26 heavy (non-hydrogen) atoms. The summed E-state index contributed by atoms with van der Waals surface area (Å²) in [6, 6.07) is 5.62. The van der Waals surface area contributed by atoms with Gasteiger partial charge in [0.25, 0.3) is 0 Å². The minimum Gasteiger partial charge on any atom is -0.309 e. The fourth-order valence-electron chi connectivity index (χ4n) is 2.56. The summed E-state index contributed by atoms with van der Waals surface area (Å²) < 4.78 is 0. The van der Waals surface area contributed by atoms with Gasteiger partial charge in [0, 0.05) is 30.1 Å². The zero-order chi connectivity index (χ0) is 18.9. The fourth-order valence-corrected chi connectivity index (χ4v) is 3.45. The van der Waals surface area contributed by atoms with Crippen molar-refractivity contribution < 1.29 is 9.59 Å². The molecule has 138 valence electrons. The number of rotatable bonds is 4. The van der Waals surface area contributed by atoms with Crippen LogP contribution in [0.4, 0.5) is 5.82 Å². The molecule has 1 aromatic heterocycles. The molecule has 5 nitrogen and oxygen atoms in total. The number of amides is 1. The third kappa shape index (κ3) is 6.77. The van der Waals surface area contributed by atoms with Crippen LogP contribution >= 0.6 is 23.4 Å². The highest BCUT2D eigenvalue weighted by molar-refractivity contribution is 7.98. The van der Waals surface area contributed by atoms with Crippen molar-refractivity contribution in [3.63, 3.8) is 0 Å². The molecule has 0 bridgehead atoms. The van der Waals surface area contributed by atoms with Crippen LogP contribution in [0.2, 0.25) is 5.02 Å². The van der Waals surface area contributed by atoms with E-state index >= 15 is 0 Å². The third-order valence-corrected chi connectivity index (χ3v) is 5.12. The lowest BCUT2D eigenvalue weighted by atomic mass is 10.1. The average Bonchev–Trinajstić information content (AvgIpc) is 2.99. The lowest BCUT2D eigenvalue weighted by Gasteiger charge is -2.06. The van der Waals surface area contributed by atoms with E-state index in [4.69, 9.17) is 11.6 Å². The Hall–Kier alpha value is -1.92. The van der Waals surface area contributed by atoms with Gasteiger partial charge < -0.3 is 5.32 Å². The molecule has 1 aromatic carbocycles. The Kier molecular flexibility index (Phi) is 8.06. The van der Waals surface area contributed by atoms with E-state index in [9.17, 15) is 9.59 Å². The number of carbonyl (C=O) groups is 2. The zero-order valence-corrected chi connectivity index (χ0v) is 16.4. The summed E-state index contributed by atoms with van der Waals surface area (Å²) in [4.78, 5) is 31.1. The Morgan fingerprint density at radius 3 is 2.69 bits per heavy atom. The van der Waals surface area contributed by atoms with Gasteiger partial charge in [0.2, 0.25) is 5.91 Å². The zero-order valence-electron chi connectivity index (χ0n) is 14.9. The fraction of sp³-hybridized carbons (Fsp3) is 0.368. The standard InChI is InChI=1S/C13H12ClN3OS.C6H10O/c1-19-11-3-2-9(6-10(11)14)7-13(18)17-12-8-15-4-5-16-12;1-5-2-3-6(7)4-5/h2-6,8H,7H2,1H3,(H,16,17,18);5H,2-4H2,1H3. The van der Waals surface area contributed by atoms with Crippen LogP contribution in [0.5, 0.6) is 0 Å². The topological polar surface area (TPSA) is 72.0 Å². The second-order valence-corrected chi connectivity index (χ2v) is 7.43. The van der Waals surface area contributed by atoms with Gasteiger partial charge in [-0.25, -0.2) is 4.98 Å². The Morgan fingerprint density at radius 2 is 2.19 bits per heavy atom. The number of anilines is 1. The van der Waals surface area contributed by atoms with E-state index in [1.165, 1.54) is 12.4 Å². The van der Waals surface area contributed by atoms with E-state index in [0.717, 1.165) is 29.7 Å². The van der Waals surface area contributed by atoms with Crippen molar-refractivity contribution >= 4 is 40.9 Å². The molecule has 1 heterocycles. The molecule has 7 heteroatoms. The predicted octanol–water partition coefficient (Wildman–Crippen LogP) is 4.41. The van der Waals surface area contributed by atoms with E-state index in [1.807, 2.05) is 24.5 Å². The van der Waals surface area contributed by atoms with Crippen LogP contribution in [0, 0.1) is 5.92 Å². The maximum absolute atomic E-state index is 11.8. The number of benzene rings is 1. The molecule has 0 aliphatic heterocycles. The number of hydrogen-bond acceptors (Lipinski definition) is 5. The Morgan fingerprint density at radius 1 is 1.38 bits per heavy atom. The van der Waals surface area contributed by atoms with Crippen LogP contribution in [0.1, 0.15) is 31.7 Å². The van der Waals surface area contributed by atoms with Gasteiger partial charge in [0.1, 0.15) is 5.78 Å². The smallest absolute Gasteiger partial charge is 0.229 e. The molecule has 0 radical (unpaired) electrons. The molecule has 2 aromatic rings. The van der Waals surface area contributed by atoms with Crippen LogP contribution in [-0.2, 0) is 16.0 Å². The first kappa shape index (κ1) is 20.4. The van der Waals surface area contributed by atoms with Crippen LogP contribution in [-0.4, -0.2) is 27.9 Å². The molecular formula is C19H22ClN3O2S. The Labute approximate surface area is 163 Å². The molecule has 3 rings (SSSR count). The van der Waals surface area contributed by atoms with E-state index in [-0.39, 0.29) is 12.3 Å². The summed E-state index contributed by atoms with van der Waals surface area (Å²) in [5.41, 5.74) is 0.865. The van der Waals surface area contributed by atoms with Gasteiger partial charge in [-0.2, -0.15) is 0 Å². The lowest BCUT2D eigenvalue weighted by molar-refractivity contribution is -0.117. The highest BCUT2D eigenvalue weighted by atomic mass is 35.5. The summed E-state index contributed by atoms with van der Waals surface area (Å²) in [7, 11) is 0. The summed E-state index contributed by atoms with van der Waals surface area (Å²) in [6.45, 7) is 2.13. The van der Waals surface area contributed by atoms with Gasteiger partial charge in [0.05, 0.1) is 17.6 Å². The van der Waals surface area contributed by atoms with E-state index < -0.39 is 0 Å². The normalized spacial score (nSPS) is 16.0. The van der Waals surface area contributed by atoms with E-state index in [0.29, 0.717) is 22.5 Å². The van der Waals surface area contributed by atoms with Gasteiger partial charge in [-0.1, -0.05) is 24.6 Å². The van der Waals surface area contributed by atoms with E-state index in [1.54, 1.807) is 18.0 Å². The molecule has 1 N–H and O–H groups in total. The number of nitrogens with zero attached hydrogens (tertiary/aromatic N) is 2. The number of aromatic nitrogens is 2. The number of carbonyl (C=O) groups excluding carboxylic acids is 2. The maximum Gasteiger partial charge on any atom is 0.229 e. The lowest BCUT2D eigenvalue weighted by Crippen LogP contribution is -2.15. The summed E-state index contributed by atoms with van der Waals surface area (Å²) >= 11 is 7.67. The number of halogens is 1. The quantitative estimate of drug-likeness (QED) is 0.781. The predicted molar refractivity (Wildman–Crippen MR) is 106 cm³/mol. The van der Waals surface area contributed by atoms with Crippen molar-refractivity contribution in [1.29, 1.82) is 0 Å². The number of hydrogen-bond donors (Lipinski definition) is 1. The second kappa shape index (κ2) is 10.3. The van der Waals surface area contributed by atoms with Crippen LogP contribution in [0.15, 0.2) is 41.7 Å². The third-order valence-electron chi connectivity index (χ3n) is 3.90. The molecule has 1 amide bonds. The van der Waals surface area contributed by atoms with Gasteiger partial charge in [-0.05, 0) is 36.3 Å². The van der Waals surface area contributed by atoms with Crippen molar-refractivity contribution in [1.82, 2.24) is 9.97 Å². The van der Waals surface area contributed by atoms with Gasteiger partial charge in [-0.15, -0.1) is 11.8 Å². The summed E-state index contributed by atoms with van der Waals surface area (Å²) in [6.07, 6.45) is 9.59. The molecule has 1 aliphatic carbocycles. The molecule has 1 atom stereocenters. The van der Waals surface area contributed by atoms with Crippen LogP contribution in [0.25, 0.3) is 0 Å². The molecule has 1 unspecified atom stereocenters. The first-order chi connectivity index (χ1) is 12.5.